The molecule has 0 aliphatic heterocycles. The molecule has 156 valence electrons. The molecule has 3 rings (SSSR count). The molecule has 0 saturated carbocycles. The zero-order chi connectivity index (χ0) is 21.6. The summed E-state index contributed by atoms with van der Waals surface area (Å²) in [6.07, 6.45) is 0.00735. The van der Waals surface area contributed by atoms with Gasteiger partial charge in [-0.2, -0.15) is 0 Å². The average Bonchev–Trinajstić information content (AvgIpc) is 2.74. The molecular weight excluding hydrogens is 374 g/mol. The highest BCUT2D eigenvalue weighted by Crippen LogP contribution is 2.26. The standard InChI is InChI=1S/C26H29NO3/c1-5-24(30-23-15-11-19(12-16-23)26(2,3)4)25(28)27-20-13-17-22(18-14-20)29-21-9-7-6-8-10-21/h6-18,24H,5H2,1-4H3,(H,27,28)/t24-/m1/s1. The van der Waals surface area contributed by atoms with Crippen molar-refractivity contribution in [1.29, 1.82) is 0 Å². The van der Waals surface area contributed by atoms with Gasteiger partial charge < -0.3 is 14.8 Å². The minimum absolute atomic E-state index is 0.0798. The maximum Gasteiger partial charge on any atom is 0.265 e. The van der Waals surface area contributed by atoms with Crippen LogP contribution in [0.1, 0.15) is 39.7 Å². The molecule has 3 aromatic carbocycles. The molecule has 0 aromatic heterocycles. The lowest BCUT2D eigenvalue weighted by Crippen LogP contribution is -2.32. The van der Waals surface area contributed by atoms with Crippen LogP contribution in [-0.2, 0) is 10.2 Å². The van der Waals surface area contributed by atoms with E-state index in [-0.39, 0.29) is 11.3 Å². The Morgan fingerprint density at radius 3 is 1.97 bits per heavy atom. The zero-order valence-corrected chi connectivity index (χ0v) is 18.0. The number of para-hydroxylation sites is 1. The third kappa shape index (κ3) is 5.86. The molecule has 1 amide bonds. The second-order valence-electron chi connectivity index (χ2n) is 8.22. The van der Waals surface area contributed by atoms with Crippen LogP contribution in [0.5, 0.6) is 17.2 Å². The van der Waals surface area contributed by atoms with Gasteiger partial charge in [0.05, 0.1) is 0 Å². The molecule has 0 aliphatic rings. The van der Waals surface area contributed by atoms with Gasteiger partial charge in [-0.3, -0.25) is 4.79 Å². The molecule has 1 atom stereocenters. The Bertz CT molecular complexity index is 942. The summed E-state index contributed by atoms with van der Waals surface area (Å²) in [6, 6.07) is 24.8. The number of nitrogens with one attached hydrogen (secondary N) is 1. The summed E-state index contributed by atoms with van der Waals surface area (Å²) in [7, 11) is 0. The molecule has 0 bridgehead atoms. The number of benzene rings is 3. The number of hydrogen-bond donors (Lipinski definition) is 1. The molecule has 30 heavy (non-hydrogen) atoms. The fourth-order valence-electron chi connectivity index (χ4n) is 2.97. The van der Waals surface area contributed by atoms with Crippen molar-refractivity contribution in [2.75, 3.05) is 5.32 Å². The SMILES string of the molecule is CC[C@@H](Oc1ccc(C(C)(C)C)cc1)C(=O)Nc1ccc(Oc2ccccc2)cc1. The fraction of sp³-hybridized carbons (Fsp3) is 0.269. The van der Waals surface area contributed by atoms with Crippen LogP contribution in [0.3, 0.4) is 0 Å². The summed E-state index contributed by atoms with van der Waals surface area (Å²) < 4.78 is 11.7. The van der Waals surface area contributed by atoms with Gasteiger partial charge in [-0.1, -0.05) is 58.0 Å². The molecule has 0 spiro atoms. The lowest BCUT2D eigenvalue weighted by molar-refractivity contribution is -0.122. The second kappa shape index (κ2) is 9.49. The van der Waals surface area contributed by atoms with Crippen molar-refractivity contribution >= 4 is 11.6 Å². The van der Waals surface area contributed by atoms with Crippen LogP contribution in [0.4, 0.5) is 5.69 Å². The first kappa shape index (κ1) is 21.4. The minimum Gasteiger partial charge on any atom is -0.481 e. The molecule has 3 aromatic rings. The number of anilines is 1. The van der Waals surface area contributed by atoms with Crippen LogP contribution in [0.2, 0.25) is 0 Å². The summed E-state index contributed by atoms with van der Waals surface area (Å²) in [5, 5.41) is 2.92. The van der Waals surface area contributed by atoms with Crippen molar-refractivity contribution in [3.8, 4) is 17.2 Å². The molecular formula is C26H29NO3. The van der Waals surface area contributed by atoms with E-state index in [0.717, 1.165) is 5.75 Å². The predicted molar refractivity (Wildman–Crippen MR) is 121 cm³/mol. The summed E-state index contributed by atoms with van der Waals surface area (Å²) in [6.45, 7) is 8.44. The Balaban J connectivity index is 1.59. The maximum absolute atomic E-state index is 12.7. The van der Waals surface area contributed by atoms with Gasteiger partial charge in [0, 0.05) is 5.69 Å². The van der Waals surface area contributed by atoms with Gasteiger partial charge in [-0.05, 0) is 65.9 Å². The molecule has 0 saturated heterocycles. The van der Waals surface area contributed by atoms with E-state index in [1.807, 2.05) is 85.8 Å². The van der Waals surface area contributed by atoms with Crippen LogP contribution < -0.4 is 14.8 Å². The highest BCUT2D eigenvalue weighted by atomic mass is 16.5. The first-order valence-electron chi connectivity index (χ1n) is 10.3. The third-order valence-corrected chi connectivity index (χ3v) is 4.76. The quantitative estimate of drug-likeness (QED) is 0.485. The normalized spacial score (nSPS) is 12.1. The van der Waals surface area contributed by atoms with Gasteiger partial charge >= 0.3 is 0 Å². The van der Waals surface area contributed by atoms with Gasteiger partial charge in [-0.25, -0.2) is 0 Å². The van der Waals surface area contributed by atoms with E-state index in [0.29, 0.717) is 23.6 Å². The molecule has 4 nitrogen and oxygen atoms in total. The minimum atomic E-state index is -0.564. The molecule has 0 aliphatic carbocycles. The molecule has 0 heterocycles. The lowest BCUT2D eigenvalue weighted by atomic mass is 9.87. The Morgan fingerprint density at radius 2 is 1.40 bits per heavy atom. The van der Waals surface area contributed by atoms with Crippen LogP contribution in [0.15, 0.2) is 78.9 Å². The number of carbonyl (C=O) groups is 1. The Kier molecular flexibility index (Phi) is 6.78. The van der Waals surface area contributed by atoms with Crippen LogP contribution >= 0.6 is 0 Å². The van der Waals surface area contributed by atoms with Crippen molar-refractivity contribution in [3.63, 3.8) is 0 Å². The molecule has 0 radical (unpaired) electrons. The van der Waals surface area contributed by atoms with E-state index in [2.05, 4.69) is 26.1 Å². The Hall–Kier alpha value is -3.27. The molecule has 4 heteroatoms. The zero-order valence-electron chi connectivity index (χ0n) is 18.0. The largest absolute Gasteiger partial charge is 0.481 e. The van der Waals surface area contributed by atoms with Crippen LogP contribution in [0.25, 0.3) is 0 Å². The molecule has 0 unspecified atom stereocenters. The van der Waals surface area contributed by atoms with E-state index < -0.39 is 6.10 Å². The van der Waals surface area contributed by atoms with Gasteiger partial charge in [-0.15, -0.1) is 0 Å². The van der Waals surface area contributed by atoms with E-state index in [1.165, 1.54) is 5.56 Å². The number of rotatable bonds is 7. The van der Waals surface area contributed by atoms with E-state index >= 15 is 0 Å². The number of ether oxygens (including phenoxy) is 2. The first-order chi connectivity index (χ1) is 14.3. The highest BCUT2D eigenvalue weighted by molar-refractivity contribution is 5.94. The van der Waals surface area contributed by atoms with Crippen LogP contribution in [-0.4, -0.2) is 12.0 Å². The van der Waals surface area contributed by atoms with E-state index in [4.69, 9.17) is 9.47 Å². The summed E-state index contributed by atoms with van der Waals surface area (Å²) in [4.78, 5) is 12.7. The predicted octanol–water partition coefficient (Wildman–Crippen LogP) is 6.57. The monoisotopic (exact) mass is 403 g/mol. The fourth-order valence-corrected chi connectivity index (χ4v) is 2.97. The van der Waals surface area contributed by atoms with Gasteiger partial charge in [0.15, 0.2) is 6.10 Å². The molecule has 1 N–H and O–H groups in total. The summed E-state index contributed by atoms with van der Waals surface area (Å²) in [5.41, 5.74) is 2.01. The second-order valence-corrected chi connectivity index (χ2v) is 8.22. The average molecular weight is 404 g/mol. The van der Waals surface area contributed by atoms with Crippen molar-refractivity contribution in [2.24, 2.45) is 0 Å². The van der Waals surface area contributed by atoms with Crippen molar-refractivity contribution in [1.82, 2.24) is 0 Å². The molecule has 0 fully saturated rings. The Morgan fingerprint density at radius 1 is 0.833 bits per heavy atom. The number of amides is 1. The van der Waals surface area contributed by atoms with Crippen molar-refractivity contribution < 1.29 is 14.3 Å². The summed E-state index contributed by atoms with van der Waals surface area (Å²) in [5.74, 6) is 2.00. The summed E-state index contributed by atoms with van der Waals surface area (Å²) >= 11 is 0. The number of hydrogen-bond acceptors (Lipinski definition) is 3. The lowest BCUT2D eigenvalue weighted by Gasteiger charge is -2.21. The maximum atomic E-state index is 12.7. The van der Waals surface area contributed by atoms with Crippen molar-refractivity contribution in [2.45, 2.75) is 45.6 Å². The topological polar surface area (TPSA) is 47.6 Å². The third-order valence-electron chi connectivity index (χ3n) is 4.76. The number of carbonyl (C=O) groups excluding carboxylic acids is 1. The first-order valence-corrected chi connectivity index (χ1v) is 10.3. The van der Waals surface area contributed by atoms with E-state index in [1.54, 1.807) is 0 Å². The van der Waals surface area contributed by atoms with Gasteiger partial charge in [0.25, 0.3) is 5.91 Å². The highest BCUT2D eigenvalue weighted by Gasteiger charge is 2.19. The van der Waals surface area contributed by atoms with E-state index in [9.17, 15) is 4.79 Å². The van der Waals surface area contributed by atoms with Crippen molar-refractivity contribution in [3.05, 3.63) is 84.4 Å². The van der Waals surface area contributed by atoms with Gasteiger partial charge in [0.2, 0.25) is 0 Å². The smallest absolute Gasteiger partial charge is 0.265 e. The van der Waals surface area contributed by atoms with Crippen LogP contribution in [0, 0.1) is 0 Å². The van der Waals surface area contributed by atoms with Gasteiger partial charge in [0.1, 0.15) is 17.2 Å². The Labute approximate surface area is 178 Å².